The van der Waals surface area contributed by atoms with Crippen LogP contribution in [0.4, 0.5) is 0 Å². The van der Waals surface area contributed by atoms with Gasteiger partial charge in [0.15, 0.2) is 5.60 Å². The molecule has 7 nitrogen and oxygen atoms in total. The van der Waals surface area contributed by atoms with Crippen LogP contribution in [-0.2, 0) is 14.4 Å². The van der Waals surface area contributed by atoms with Crippen LogP contribution in [0.3, 0.4) is 0 Å². The van der Waals surface area contributed by atoms with Gasteiger partial charge in [-0.2, -0.15) is 0 Å². The molecule has 0 aromatic rings. The van der Waals surface area contributed by atoms with E-state index in [0.717, 1.165) is 0 Å². The van der Waals surface area contributed by atoms with Crippen LogP contribution in [0.2, 0.25) is 0 Å². The molecular weight excluding hydrogens is 208 g/mol. The number of carboxylic acids is 3. The fourth-order valence-electron chi connectivity index (χ4n) is 1.29. The van der Waals surface area contributed by atoms with E-state index in [0.29, 0.717) is 0 Å². The first-order valence-electron chi connectivity index (χ1n) is 4.16. The lowest BCUT2D eigenvalue weighted by Gasteiger charge is -2.27. The maximum Gasteiger partial charge on any atom is 0.337 e. The first kappa shape index (κ1) is 13.4. The summed E-state index contributed by atoms with van der Waals surface area (Å²) >= 11 is 0. The van der Waals surface area contributed by atoms with Crippen LogP contribution in [0.1, 0.15) is 19.8 Å². The van der Waals surface area contributed by atoms with Crippen molar-refractivity contribution in [2.24, 2.45) is 5.92 Å². The molecule has 0 saturated heterocycles. The Kier molecular flexibility index (Phi) is 4.22. The molecule has 0 aliphatic heterocycles. The highest BCUT2D eigenvalue weighted by Crippen LogP contribution is 2.25. The summed E-state index contributed by atoms with van der Waals surface area (Å²) in [7, 11) is 0. The molecule has 0 unspecified atom stereocenters. The second kappa shape index (κ2) is 4.74. The molecule has 15 heavy (non-hydrogen) atoms. The van der Waals surface area contributed by atoms with E-state index >= 15 is 0 Å². The lowest BCUT2D eigenvalue weighted by molar-refractivity contribution is -0.179. The molecule has 0 aliphatic rings. The van der Waals surface area contributed by atoms with Crippen LogP contribution in [-0.4, -0.2) is 43.9 Å². The molecule has 0 heterocycles. The molecule has 7 heteroatoms. The van der Waals surface area contributed by atoms with E-state index in [4.69, 9.17) is 15.3 Å². The van der Waals surface area contributed by atoms with Crippen LogP contribution in [0.5, 0.6) is 0 Å². The summed E-state index contributed by atoms with van der Waals surface area (Å²) in [5.74, 6) is -6.60. The first-order chi connectivity index (χ1) is 6.75. The molecule has 86 valence electrons. The highest BCUT2D eigenvalue weighted by molar-refractivity contribution is 5.89. The van der Waals surface area contributed by atoms with Crippen LogP contribution in [0.15, 0.2) is 0 Å². The number of rotatable bonds is 6. The van der Waals surface area contributed by atoms with E-state index in [1.165, 1.54) is 6.92 Å². The number of aliphatic hydroxyl groups is 1. The highest BCUT2D eigenvalue weighted by atomic mass is 16.4. The Hall–Kier alpha value is -1.63. The minimum absolute atomic E-state index is 0.175. The van der Waals surface area contributed by atoms with Crippen molar-refractivity contribution < 1.29 is 34.8 Å². The van der Waals surface area contributed by atoms with Crippen molar-refractivity contribution >= 4 is 17.9 Å². The van der Waals surface area contributed by atoms with Crippen LogP contribution >= 0.6 is 0 Å². The Morgan fingerprint density at radius 1 is 1.20 bits per heavy atom. The van der Waals surface area contributed by atoms with Crippen LogP contribution in [0.25, 0.3) is 0 Å². The smallest absolute Gasteiger partial charge is 0.337 e. The van der Waals surface area contributed by atoms with Gasteiger partial charge in [0.05, 0.1) is 12.3 Å². The lowest BCUT2D eigenvalue weighted by Crippen LogP contribution is -2.50. The molecule has 2 atom stereocenters. The molecule has 0 rings (SSSR count). The van der Waals surface area contributed by atoms with Gasteiger partial charge >= 0.3 is 17.9 Å². The fraction of sp³-hybridized carbons (Fsp3) is 0.625. The van der Waals surface area contributed by atoms with Crippen molar-refractivity contribution in [1.29, 1.82) is 0 Å². The van der Waals surface area contributed by atoms with Gasteiger partial charge in [0, 0.05) is 0 Å². The van der Waals surface area contributed by atoms with Gasteiger partial charge in [0.2, 0.25) is 0 Å². The maximum atomic E-state index is 10.7. The zero-order chi connectivity index (χ0) is 12.2. The van der Waals surface area contributed by atoms with Crippen molar-refractivity contribution in [3.63, 3.8) is 0 Å². The molecule has 0 aromatic heterocycles. The summed E-state index contributed by atoms with van der Waals surface area (Å²) < 4.78 is 0. The van der Waals surface area contributed by atoms with Gasteiger partial charge in [-0.15, -0.1) is 0 Å². The number of carboxylic acid groups (broad SMARTS) is 3. The first-order valence-corrected chi connectivity index (χ1v) is 4.16. The number of hydrogen-bond donors (Lipinski definition) is 4. The van der Waals surface area contributed by atoms with Gasteiger partial charge in [-0.25, -0.2) is 4.79 Å². The molecule has 0 spiro atoms. The van der Waals surface area contributed by atoms with Gasteiger partial charge in [-0.3, -0.25) is 9.59 Å². The molecule has 0 aliphatic carbocycles. The number of aliphatic carboxylic acids is 3. The van der Waals surface area contributed by atoms with Crippen molar-refractivity contribution in [3.8, 4) is 0 Å². The Labute approximate surface area is 85.0 Å². The molecule has 0 bridgehead atoms. The van der Waals surface area contributed by atoms with E-state index < -0.39 is 35.8 Å². The van der Waals surface area contributed by atoms with Crippen molar-refractivity contribution in [3.05, 3.63) is 0 Å². The van der Waals surface area contributed by atoms with Crippen LogP contribution in [0, 0.1) is 5.92 Å². The lowest BCUT2D eigenvalue weighted by atomic mass is 9.83. The average molecular weight is 220 g/mol. The molecule has 4 N–H and O–H groups in total. The van der Waals surface area contributed by atoms with E-state index in [2.05, 4.69) is 0 Å². The van der Waals surface area contributed by atoms with E-state index in [-0.39, 0.29) is 6.42 Å². The third kappa shape index (κ3) is 2.91. The summed E-state index contributed by atoms with van der Waals surface area (Å²) in [6.45, 7) is 1.36. The molecule has 0 amide bonds. The standard InChI is InChI=1S/C8H12O7/c1-2-4(6(11)12)8(15,7(13)14)3-5(9)10/h4,15H,2-3H2,1H3,(H,9,10)(H,11,12)(H,13,14)/t4-,8-/m0/s1. The Morgan fingerprint density at radius 3 is 1.87 bits per heavy atom. The van der Waals surface area contributed by atoms with Gasteiger partial charge in [0.1, 0.15) is 0 Å². The normalized spacial score (nSPS) is 16.4. The summed E-state index contributed by atoms with van der Waals surface area (Å²) in [6.07, 6.45) is -1.32. The molecule has 0 saturated carbocycles. The Balaban J connectivity index is 5.15. The van der Waals surface area contributed by atoms with Crippen LogP contribution < -0.4 is 0 Å². The Bertz CT molecular complexity index is 285. The summed E-state index contributed by atoms with van der Waals surface area (Å²) in [4.78, 5) is 31.7. The van der Waals surface area contributed by atoms with Gasteiger partial charge in [-0.1, -0.05) is 6.92 Å². The largest absolute Gasteiger partial charge is 0.481 e. The summed E-state index contributed by atoms with van der Waals surface area (Å²) in [5, 5.41) is 35.2. The molecule has 0 aromatic carbocycles. The van der Waals surface area contributed by atoms with E-state index in [1.807, 2.05) is 0 Å². The van der Waals surface area contributed by atoms with E-state index in [9.17, 15) is 19.5 Å². The highest BCUT2D eigenvalue weighted by Gasteiger charge is 2.49. The minimum atomic E-state index is -2.77. The molecule has 0 radical (unpaired) electrons. The third-order valence-corrected chi connectivity index (χ3v) is 2.07. The summed E-state index contributed by atoms with van der Waals surface area (Å²) in [5.41, 5.74) is -2.77. The monoisotopic (exact) mass is 220 g/mol. The van der Waals surface area contributed by atoms with Gasteiger partial charge < -0.3 is 20.4 Å². The molecular formula is C8H12O7. The van der Waals surface area contributed by atoms with Gasteiger partial charge in [-0.05, 0) is 6.42 Å². The number of hydrogen-bond acceptors (Lipinski definition) is 4. The van der Waals surface area contributed by atoms with E-state index in [1.54, 1.807) is 0 Å². The zero-order valence-electron chi connectivity index (χ0n) is 8.01. The predicted octanol–water partition coefficient (Wildman–Crippen LogP) is -0.612. The second-order valence-electron chi connectivity index (χ2n) is 3.10. The van der Waals surface area contributed by atoms with Crippen molar-refractivity contribution in [1.82, 2.24) is 0 Å². The van der Waals surface area contributed by atoms with Crippen molar-refractivity contribution in [2.45, 2.75) is 25.4 Å². The maximum absolute atomic E-state index is 10.7. The van der Waals surface area contributed by atoms with Gasteiger partial charge in [0.25, 0.3) is 0 Å². The minimum Gasteiger partial charge on any atom is -0.481 e. The summed E-state index contributed by atoms with van der Waals surface area (Å²) in [6, 6.07) is 0. The third-order valence-electron chi connectivity index (χ3n) is 2.07. The Morgan fingerprint density at radius 2 is 1.67 bits per heavy atom. The zero-order valence-corrected chi connectivity index (χ0v) is 8.01. The predicted molar refractivity (Wildman–Crippen MR) is 46.3 cm³/mol. The quantitative estimate of drug-likeness (QED) is 0.469. The number of carbonyl (C=O) groups is 3. The molecule has 0 fully saturated rings. The average Bonchev–Trinajstić information content (AvgIpc) is 2.02. The topological polar surface area (TPSA) is 132 Å². The fourth-order valence-corrected chi connectivity index (χ4v) is 1.29. The van der Waals surface area contributed by atoms with Crippen molar-refractivity contribution in [2.75, 3.05) is 0 Å². The second-order valence-corrected chi connectivity index (χ2v) is 3.10. The SMILES string of the molecule is CC[C@@H](C(=O)O)[C@@](O)(CC(=O)O)C(=O)O.